The van der Waals surface area contributed by atoms with Gasteiger partial charge in [0.1, 0.15) is 0 Å². The fraction of sp³-hybridized carbons (Fsp3) is 0.391. The molecule has 0 saturated heterocycles. The van der Waals surface area contributed by atoms with E-state index in [1.807, 2.05) is 19.1 Å². The van der Waals surface area contributed by atoms with Gasteiger partial charge in [0.25, 0.3) is 0 Å². The molecule has 0 spiro atoms. The van der Waals surface area contributed by atoms with Crippen LogP contribution in [0.5, 0.6) is 0 Å². The average molecular weight is 374 g/mol. The number of para-hydroxylation sites is 1. The van der Waals surface area contributed by atoms with Crippen LogP contribution in [0.4, 0.5) is 11.4 Å². The van der Waals surface area contributed by atoms with Gasteiger partial charge in [-0.25, -0.2) is 0 Å². The van der Waals surface area contributed by atoms with Crippen LogP contribution in [0.3, 0.4) is 0 Å². The van der Waals surface area contributed by atoms with Crippen LogP contribution >= 0.6 is 0 Å². The minimum Gasteiger partial charge on any atom is -0.380 e. The van der Waals surface area contributed by atoms with Gasteiger partial charge in [0, 0.05) is 35.4 Å². The first-order valence-corrected chi connectivity index (χ1v) is 10.2. The molecule has 1 fully saturated rings. The standard InChI is InChI=1S/C23H26N4O/c1-13(2)27-20-10-9-16(12-18(20)22(26-27)15-7-8-15)17-5-4-6-19-23(17)24-14(3)11-21(28)25-19/h4-6,9-10,12-15,24H,7-8,11H2,1-3H3,(H,25,28). The second kappa shape index (κ2) is 6.36. The number of nitrogens with zero attached hydrogens (tertiary/aromatic N) is 2. The van der Waals surface area contributed by atoms with Gasteiger partial charge in [-0.3, -0.25) is 9.48 Å². The van der Waals surface area contributed by atoms with Crippen molar-refractivity contribution in [2.45, 2.75) is 58.0 Å². The maximum absolute atomic E-state index is 12.1. The highest BCUT2D eigenvalue weighted by molar-refractivity contribution is 6.01. The van der Waals surface area contributed by atoms with Crippen molar-refractivity contribution in [3.63, 3.8) is 0 Å². The number of hydrogen-bond donors (Lipinski definition) is 2. The lowest BCUT2D eigenvalue weighted by molar-refractivity contribution is -0.116. The van der Waals surface area contributed by atoms with Crippen LogP contribution in [0.25, 0.3) is 22.0 Å². The highest BCUT2D eigenvalue weighted by atomic mass is 16.1. The molecule has 0 bridgehead atoms. The number of anilines is 2. The molecule has 5 rings (SSSR count). The molecular formula is C23H26N4O. The fourth-order valence-electron chi connectivity index (χ4n) is 4.21. The van der Waals surface area contributed by atoms with Crippen LogP contribution < -0.4 is 10.6 Å². The van der Waals surface area contributed by atoms with E-state index in [-0.39, 0.29) is 11.9 Å². The molecule has 3 aromatic rings. The number of carbonyl (C=O) groups is 1. The molecule has 2 heterocycles. The topological polar surface area (TPSA) is 59.0 Å². The van der Waals surface area contributed by atoms with Crippen molar-refractivity contribution < 1.29 is 4.79 Å². The molecule has 1 unspecified atom stereocenters. The van der Waals surface area contributed by atoms with Crippen molar-refractivity contribution in [1.29, 1.82) is 0 Å². The van der Waals surface area contributed by atoms with Gasteiger partial charge >= 0.3 is 0 Å². The number of aromatic nitrogens is 2. The van der Waals surface area contributed by atoms with E-state index in [0.717, 1.165) is 22.5 Å². The highest BCUT2D eigenvalue weighted by Crippen LogP contribution is 2.44. The Bertz CT molecular complexity index is 1080. The third-order valence-electron chi connectivity index (χ3n) is 5.72. The van der Waals surface area contributed by atoms with Crippen molar-refractivity contribution in [3.8, 4) is 11.1 Å². The summed E-state index contributed by atoms with van der Waals surface area (Å²) >= 11 is 0. The van der Waals surface area contributed by atoms with Crippen molar-refractivity contribution >= 4 is 28.2 Å². The third kappa shape index (κ3) is 2.86. The second-order valence-corrected chi connectivity index (χ2v) is 8.46. The largest absolute Gasteiger partial charge is 0.380 e. The van der Waals surface area contributed by atoms with Gasteiger partial charge < -0.3 is 10.6 Å². The van der Waals surface area contributed by atoms with Crippen LogP contribution in [-0.2, 0) is 4.79 Å². The van der Waals surface area contributed by atoms with Crippen molar-refractivity contribution in [3.05, 3.63) is 42.1 Å². The van der Waals surface area contributed by atoms with E-state index in [1.165, 1.54) is 29.4 Å². The summed E-state index contributed by atoms with van der Waals surface area (Å²) in [6.45, 7) is 6.41. The lowest BCUT2D eigenvalue weighted by Gasteiger charge is -2.17. The smallest absolute Gasteiger partial charge is 0.226 e. The van der Waals surface area contributed by atoms with E-state index in [0.29, 0.717) is 18.4 Å². The molecular weight excluding hydrogens is 348 g/mol. The number of nitrogens with one attached hydrogen (secondary N) is 2. The zero-order chi connectivity index (χ0) is 19.4. The number of fused-ring (bicyclic) bond motifs is 2. The summed E-state index contributed by atoms with van der Waals surface area (Å²) in [6, 6.07) is 13.2. The monoisotopic (exact) mass is 374 g/mol. The minimum absolute atomic E-state index is 0.0561. The Morgan fingerprint density at radius 3 is 2.75 bits per heavy atom. The lowest BCUT2D eigenvalue weighted by Crippen LogP contribution is -2.19. The summed E-state index contributed by atoms with van der Waals surface area (Å²) in [5.41, 5.74) is 6.58. The normalized spacial score (nSPS) is 19.3. The number of benzene rings is 2. The van der Waals surface area contributed by atoms with Gasteiger partial charge in [0.2, 0.25) is 5.91 Å². The quantitative estimate of drug-likeness (QED) is 0.654. The predicted molar refractivity (Wildman–Crippen MR) is 114 cm³/mol. The summed E-state index contributed by atoms with van der Waals surface area (Å²) in [4.78, 5) is 12.1. The minimum atomic E-state index is 0.0561. The summed E-state index contributed by atoms with van der Waals surface area (Å²) < 4.78 is 2.15. The first-order valence-electron chi connectivity index (χ1n) is 10.2. The summed E-state index contributed by atoms with van der Waals surface area (Å²) in [7, 11) is 0. The Hall–Kier alpha value is -2.82. The predicted octanol–water partition coefficient (Wildman–Crippen LogP) is 5.30. The van der Waals surface area contributed by atoms with Crippen LogP contribution in [0.15, 0.2) is 36.4 Å². The van der Waals surface area contributed by atoms with E-state index in [2.05, 4.69) is 53.4 Å². The molecule has 5 heteroatoms. The van der Waals surface area contributed by atoms with E-state index in [4.69, 9.17) is 5.10 Å². The Balaban J connectivity index is 1.68. The molecule has 1 saturated carbocycles. The van der Waals surface area contributed by atoms with Crippen molar-refractivity contribution in [1.82, 2.24) is 9.78 Å². The number of carbonyl (C=O) groups excluding carboxylic acids is 1. The SMILES string of the molecule is CC1CC(=O)Nc2cccc(-c3ccc4c(c3)c(C3CC3)nn4C(C)C)c2N1. The molecule has 1 atom stereocenters. The molecule has 144 valence electrons. The Morgan fingerprint density at radius 2 is 2.00 bits per heavy atom. The first kappa shape index (κ1) is 17.3. The number of hydrogen-bond acceptors (Lipinski definition) is 3. The van der Waals surface area contributed by atoms with E-state index in [1.54, 1.807) is 0 Å². The van der Waals surface area contributed by atoms with Gasteiger partial charge in [0.05, 0.1) is 22.6 Å². The molecule has 1 aromatic heterocycles. The molecule has 1 aliphatic carbocycles. The summed E-state index contributed by atoms with van der Waals surface area (Å²) in [5, 5.41) is 12.8. The van der Waals surface area contributed by atoms with Gasteiger partial charge in [0.15, 0.2) is 0 Å². The molecule has 1 aliphatic heterocycles. The van der Waals surface area contributed by atoms with Crippen LogP contribution in [0.2, 0.25) is 0 Å². The molecule has 2 aromatic carbocycles. The molecule has 0 radical (unpaired) electrons. The zero-order valence-electron chi connectivity index (χ0n) is 16.6. The van der Waals surface area contributed by atoms with Gasteiger partial charge in [-0.2, -0.15) is 5.10 Å². The first-order chi connectivity index (χ1) is 13.5. The maximum Gasteiger partial charge on any atom is 0.226 e. The van der Waals surface area contributed by atoms with Crippen LogP contribution in [-0.4, -0.2) is 21.7 Å². The van der Waals surface area contributed by atoms with Crippen LogP contribution in [0.1, 0.15) is 57.7 Å². The fourth-order valence-corrected chi connectivity index (χ4v) is 4.21. The number of amides is 1. The lowest BCUT2D eigenvalue weighted by atomic mass is 9.99. The van der Waals surface area contributed by atoms with Gasteiger partial charge in [-0.05, 0) is 57.4 Å². The molecule has 28 heavy (non-hydrogen) atoms. The average Bonchev–Trinajstić information content (AvgIpc) is 3.44. The molecule has 2 aliphatic rings. The van der Waals surface area contributed by atoms with E-state index in [9.17, 15) is 4.79 Å². The highest BCUT2D eigenvalue weighted by Gasteiger charge is 2.30. The molecule has 5 nitrogen and oxygen atoms in total. The molecule has 1 amide bonds. The third-order valence-corrected chi connectivity index (χ3v) is 5.72. The Morgan fingerprint density at radius 1 is 1.18 bits per heavy atom. The number of rotatable bonds is 3. The van der Waals surface area contributed by atoms with Crippen molar-refractivity contribution in [2.75, 3.05) is 10.6 Å². The molecule has 2 N–H and O–H groups in total. The zero-order valence-corrected chi connectivity index (χ0v) is 16.6. The van der Waals surface area contributed by atoms with Gasteiger partial charge in [-0.1, -0.05) is 18.2 Å². The Labute approximate surface area is 165 Å². The summed E-state index contributed by atoms with van der Waals surface area (Å²) in [5.74, 6) is 0.656. The Kier molecular flexibility index (Phi) is 3.93. The van der Waals surface area contributed by atoms with E-state index >= 15 is 0 Å². The van der Waals surface area contributed by atoms with Crippen molar-refractivity contribution in [2.24, 2.45) is 0 Å². The van der Waals surface area contributed by atoms with Crippen LogP contribution in [0, 0.1) is 0 Å². The van der Waals surface area contributed by atoms with E-state index < -0.39 is 0 Å². The summed E-state index contributed by atoms with van der Waals surface area (Å²) in [6.07, 6.45) is 2.95. The second-order valence-electron chi connectivity index (χ2n) is 8.46. The van der Waals surface area contributed by atoms with Gasteiger partial charge in [-0.15, -0.1) is 0 Å². The maximum atomic E-state index is 12.1.